The highest BCUT2D eigenvalue weighted by atomic mass is 19.4. The number of methoxy groups -OCH3 is 4. The minimum absolute atomic E-state index is 0.0394. The van der Waals surface area contributed by atoms with Crippen molar-refractivity contribution in [3.63, 3.8) is 0 Å². The van der Waals surface area contributed by atoms with Crippen molar-refractivity contribution in [3.05, 3.63) is 76.9 Å². The van der Waals surface area contributed by atoms with Crippen LogP contribution in [-0.2, 0) is 11.0 Å². The average molecular weight is 545 g/mol. The van der Waals surface area contributed by atoms with Gasteiger partial charge in [-0.15, -0.1) is 0 Å². The number of rotatable bonds is 7. The van der Waals surface area contributed by atoms with Crippen LogP contribution in [0.1, 0.15) is 39.0 Å². The molecule has 2 atom stereocenters. The quantitative estimate of drug-likeness (QED) is 0.435. The lowest BCUT2D eigenvalue weighted by Crippen LogP contribution is -2.44. The second-order valence-corrected chi connectivity index (χ2v) is 8.82. The molecular formula is C28H27F3N2O6. The molecule has 2 amide bonds. The number of amides is 2. The third kappa shape index (κ3) is 5.16. The van der Waals surface area contributed by atoms with Gasteiger partial charge in [0.25, 0.3) is 5.91 Å². The molecule has 8 nitrogen and oxygen atoms in total. The van der Waals surface area contributed by atoms with E-state index < -0.39 is 29.6 Å². The first-order valence-corrected chi connectivity index (χ1v) is 11.8. The van der Waals surface area contributed by atoms with Gasteiger partial charge in [0.1, 0.15) is 0 Å². The van der Waals surface area contributed by atoms with E-state index in [4.69, 9.17) is 18.9 Å². The van der Waals surface area contributed by atoms with E-state index in [1.54, 1.807) is 31.3 Å². The van der Waals surface area contributed by atoms with Crippen LogP contribution < -0.4 is 24.3 Å². The normalized spacial score (nSPS) is 16.8. The fraction of sp³-hybridized carbons (Fsp3) is 0.286. The molecule has 0 spiro atoms. The number of ether oxygens (including phenoxy) is 4. The van der Waals surface area contributed by atoms with Gasteiger partial charge in [0.05, 0.1) is 46.0 Å². The van der Waals surface area contributed by atoms with Gasteiger partial charge in [-0.25, -0.2) is 0 Å². The lowest BCUT2D eigenvalue weighted by atomic mass is 9.79. The van der Waals surface area contributed by atoms with Crippen LogP contribution in [0.4, 0.5) is 18.9 Å². The zero-order valence-electron chi connectivity index (χ0n) is 21.9. The van der Waals surface area contributed by atoms with Gasteiger partial charge in [0.15, 0.2) is 23.0 Å². The molecule has 0 fully saturated rings. The Hall–Kier alpha value is -4.41. The maximum atomic E-state index is 13.9. The molecule has 0 saturated carbocycles. The second kappa shape index (κ2) is 10.8. The number of halogens is 3. The number of carbonyl (C=O) groups is 2. The predicted molar refractivity (Wildman–Crippen MR) is 137 cm³/mol. The average Bonchev–Trinajstić information content (AvgIpc) is 2.93. The summed E-state index contributed by atoms with van der Waals surface area (Å²) in [6.45, 7) is 0. The van der Waals surface area contributed by atoms with E-state index in [0.717, 1.165) is 12.1 Å². The molecule has 0 radical (unpaired) electrons. The van der Waals surface area contributed by atoms with Crippen molar-refractivity contribution in [2.24, 2.45) is 0 Å². The molecule has 0 saturated heterocycles. The van der Waals surface area contributed by atoms with Gasteiger partial charge < -0.3 is 29.2 Å². The van der Waals surface area contributed by atoms with E-state index in [9.17, 15) is 22.8 Å². The minimum Gasteiger partial charge on any atom is -0.493 e. The van der Waals surface area contributed by atoms with Crippen LogP contribution in [0.2, 0.25) is 0 Å². The molecule has 0 aliphatic carbocycles. The highest BCUT2D eigenvalue weighted by Gasteiger charge is 2.44. The molecule has 3 aromatic rings. The summed E-state index contributed by atoms with van der Waals surface area (Å²) < 4.78 is 61.5. The SMILES string of the molecule is COc1ccc([C@H]2[C@H](C(=O)Nc3cccc(C(F)(F)F)c3)c3cc(OC)c(OC)cc3C(=O)N2C)cc1OC. The Morgan fingerprint density at radius 2 is 1.46 bits per heavy atom. The highest BCUT2D eigenvalue weighted by molar-refractivity contribution is 6.05. The monoisotopic (exact) mass is 544 g/mol. The first-order chi connectivity index (χ1) is 18.5. The molecule has 0 unspecified atom stereocenters. The van der Waals surface area contributed by atoms with Crippen molar-refractivity contribution in [2.75, 3.05) is 40.8 Å². The largest absolute Gasteiger partial charge is 0.493 e. The van der Waals surface area contributed by atoms with Crippen LogP contribution in [0.3, 0.4) is 0 Å². The highest BCUT2D eigenvalue weighted by Crippen LogP contribution is 2.47. The summed E-state index contributed by atoms with van der Waals surface area (Å²) in [6.07, 6.45) is -4.59. The van der Waals surface area contributed by atoms with Gasteiger partial charge in [-0.05, 0) is 53.6 Å². The Labute approximate surface area is 223 Å². The predicted octanol–water partition coefficient (Wildman–Crippen LogP) is 5.29. The Bertz CT molecular complexity index is 1410. The molecule has 1 aliphatic heterocycles. The van der Waals surface area contributed by atoms with Gasteiger partial charge in [0, 0.05) is 18.3 Å². The van der Waals surface area contributed by atoms with Crippen LogP contribution in [0, 0.1) is 0 Å². The summed E-state index contributed by atoms with van der Waals surface area (Å²) in [5.74, 6) is -0.643. The van der Waals surface area contributed by atoms with E-state index in [-0.39, 0.29) is 22.9 Å². The first-order valence-electron chi connectivity index (χ1n) is 11.8. The summed E-state index contributed by atoms with van der Waals surface area (Å²) in [7, 11) is 7.33. The molecule has 11 heteroatoms. The molecule has 0 bridgehead atoms. The topological polar surface area (TPSA) is 86.3 Å². The van der Waals surface area contributed by atoms with Crippen LogP contribution in [0.15, 0.2) is 54.6 Å². The van der Waals surface area contributed by atoms with E-state index in [1.165, 1.54) is 51.5 Å². The fourth-order valence-electron chi connectivity index (χ4n) is 4.78. The molecule has 1 aliphatic rings. The van der Waals surface area contributed by atoms with Crippen molar-refractivity contribution in [2.45, 2.75) is 18.1 Å². The van der Waals surface area contributed by atoms with Crippen molar-refractivity contribution in [3.8, 4) is 23.0 Å². The molecule has 1 N–H and O–H groups in total. The Morgan fingerprint density at radius 1 is 0.846 bits per heavy atom. The molecule has 206 valence electrons. The Balaban J connectivity index is 1.89. The molecular weight excluding hydrogens is 517 g/mol. The van der Waals surface area contributed by atoms with Crippen molar-refractivity contribution in [1.82, 2.24) is 4.90 Å². The summed E-state index contributed by atoms with van der Waals surface area (Å²) >= 11 is 0. The lowest BCUT2D eigenvalue weighted by molar-refractivity contribution is -0.137. The van der Waals surface area contributed by atoms with Gasteiger partial charge in [-0.3, -0.25) is 9.59 Å². The zero-order chi connectivity index (χ0) is 28.5. The summed E-state index contributed by atoms with van der Waals surface area (Å²) in [6, 6.07) is 11.5. The number of anilines is 1. The Morgan fingerprint density at radius 3 is 2.08 bits per heavy atom. The summed E-state index contributed by atoms with van der Waals surface area (Å²) in [5, 5.41) is 2.61. The second-order valence-electron chi connectivity index (χ2n) is 8.82. The zero-order valence-corrected chi connectivity index (χ0v) is 21.9. The van der Waals surface area contributed by atoms with Crippen molar-refractivity contribution < 1.29 is 41.7 Å². The molecule has 3 aromatic carbocycles. The lowest BCUT2D eigenvalue weighted by Gasteiger charge is -2.40. The third-order valence-electron chi connectivity index (χ3n) is 6.66. The van der Waals surface area contributed by atoms with E-state index in [2.05, 4.69) is 5.32 Å². The first kappa shape index (κ1) is 27.6. The number of fused-ring (bicyclic) bond motifs is 1. The van der Waals surface area contributed by atoms with Crippen LogP contribution >= 0.6 is 0 Å². The molecule has 0 aromatic heterocycles. The van der Waals surface area contributed by atoms with E-state index >= 15 is 0 Å². The maximum Gasteiger partial charge on any atom is 0.416 e. The fourth-order valence-corrected chi connectivity index (χ4v) is 4.78. The van der Waals surface area contributed by atoms with Crippen molar-refractivity contribution in [1.29, 1.82) is 0 Å². The molecule has 1 heterocycles. The smallest absolute Gasteiger partial charge is 0.416 e. The van der Waals surface area contributed by atoms with E-state index in [1.807, 2.05) is 0 Å². The third-order valence-corrected chi connectivity index (χ3v) is 6.66. The molecule has 4 rings (SSSR count). The number of nitrogens with zero attached hydrogens (tertiary/aromatic N) is 1. The number of nitrogens with one attached hydrogen (secondary N) is 1. The maximum absolute atomic E-state index is 13.9. The Kier molecular flexibility index (Phi) is 7.62. The van der Waals surface area contributed by atoms with Crippen LogP contribution in [0.5, 0.6) is 23.0 Å². The molecule has 39 heavy (non-hydrogen) atoms. The number of hydrogen-bond donors (Lipinski definition) is 1. The van der Waals surface area contributed by atoms with E-state index in [0.29, 0.717) is 28.4 Å². The number of benzene rings is 3. The summed E-state index contributed by atoms with van der Waals surface area (Å²) in [5.41, 5.74) is 0.145. The number of carbonyl (C=O) groups excluding carboxylic acids is 2. The van der Waals surface area contributed by atoms with Gasteiger partial charge in [-0.2, -0.15) is 13.2 Å². The number of likely N-dealkylation sites (N-methyl/N-ethyl adjacent to an activating group) is 1. The van der Waals surface area contributed by atoms with Crippen LogP contribution in [-0.4, -0.2) is 52.2 Å². The summed E-state index contributed by atoms with van der Waals surface area (Å²) in [4.78, 5) is 28.9. The van der Waals surface area contributed by atoms with Gasteiger partial charge in [0.2, 0.25) is 5.91 Å². The van der Waals surface area contributed by atoms with Crippen molar-refractivity contribution >= 4 is 17.5 Å². The standard InChI is InChI=1S/C28H27F3N2O6/c1-33-25(15-9-10-20(36-2)21(11-15)37-3)24(18-13-22(38-4)23(39-5)14-19(18)27(33)35)26(34)32-17-8-6-7-16(12-17)28(29,30)31/h6-14,24-25H,1-5H3,(H,32,34)/t24-,25+/m1/s1. The van der Waals surface area contributed by atoms with Gasteiger partial charge >= 0.3 is 6.18 Å². The minimum atomic E-state index is -4.59. The number of alkyl halides is 3. The number of hydrogen-bond acceptors (Lipinski definition) is 6. The van der Waals surface area contributed by atoms with Crippen LogP contribution in [0.25, 0.3) is 0 Å². The van der Waals surface area contributed by atoms with Gasteiger partial charge in [-0.1, -0.05) is 12.1 Å².